The number of fused-ring (bicyclic) bond motifs is 2. The minimum Gasteiger partial charge on any atom is -0.504 e. The molecule has 0 unspecified atom stereocenters. The van der Waals surface area contributed by atoms with Crippen LogP contribution in [0.2, 0.25) is 0 Å². The van der Waals surface area contributed by atoms with Crippen LogP contribution >= 0.6 is 0 Å². The predicted molar refractivity (Wildman–Crippen MR) is 107 cm³/mol. The number of carbonyl (C=O) groups excluding carboxylic acids is 2. The standard InChI is InChI=1S/C21H15NO6S/c1-11-6-7-16(17(8-11)29(26,27)28)22-18-14-9-12-4-2-3-5-13(12)10-15(14)19(23)21(25)20(18)24/h2-10,22-23H,1H3,(H,26,27,28). The molecule has 0 aliphatic heterocycles. The first kappa shape index (κ1) is 18.9. The lowest BCUT2D eigenvalue weighted by atomic mass is 9.97. The van der Waals surface area contributed by atoms with E-state index in [1.807, 2.05) is 0 Å². The maximum absolute atomic E-state index is 12.6. The van der Waals surface area contributed by atoms with E-state index >= 15 is 0 Å². The number of nitrogens with one attached hydrogen (secondary N) is 1. The molecule has 7 nitrogen and oxygen atoms in total. The molecular weight excluding hydrogens is 394 g/mol. The number of hydrogen-bond acceptors (Lipinski definition) is 6. The summed E-state index contributed by atoms with van der Waals surface area (Å²) >= 11 is 0. The van der Waals surface area contributed by atoms with Crippen molar-refractivity contribution < 1.29 is 27.7 Å². The van der Waals surface area contributed by atoms with Gasteiger partial charge in [-0.05, 0) is 47.5 Å². The van der Waals surface area contributed by atoms with Gasteiger partial charge < -0.3 is 10.4 Å². The third kappa shape index (κ3) is 3.18. The Morgan fingerprint density at radius 1 is 0.862 bits per heavy atom. The molecule has 0 aromatic heterocycles. The van der Waals surface area contributed by atoms with Crippen molar-refractivity contribution in [3.63, 3.8) is 0 Å². The van der Waals surface area contributed by atoms with Crippen molar-refractivity contribution in [2.75, 3.05) is 5.32 Å². The average Bonchev–Trinajstić information content (AvgIpc) is 2.68. The summed E-state index contributed by atoms with van der Waals surface area (Å²) in [6.07, 6.45) is 0. The van der Waals surface area contributed by atoms with Gasteiger partial charge in [0, 0.05) is 10.4 Å². The Bertz CT molecular complexity index is 1450. The molecule has 0 atom stereocenters. The molecule has 0 amide bonds. The lowest BCUT2D eigenvalue weighted by Gasteiger charge is -2.16. The second-order valence-corrected chi connectivity index (χ2v) is 8.12. The molecule has 0 saturated carbocycles. The molecule has 3 aromatic carbocycles. The molecule has 3 aromatic rings. The maximum Gasteiger partial charge on any atom is 0.296 e. The molecule has 29 heavy (non-hydrogen) atoms. The summed E-state index contributed by atoms with van der Waals surface area (Å²) in [4.78, 5) is 24.5. The van der Waals surface area contributed by atoms with Gasteiger partial charge in [0.05, 0.1) is 11.4 Å². The van der Waals surface area contributed by atoms with Crippen molar-refractivity contribution in [3.05, 3.63) is 70.6 Å². The second kappa shape index (κ2) is 6.54. The smallest absolute Gasteiger partial charge is 0.296 e. The Labute approximate surface area is 165 Å². The zero-order chi connectivity index (χ0) is 20.9. The molecule has 1 aliphatic rings. The van der Waals surface area contributed by atoms with Gasteiger partial charge in [0.2, 0.25) is 0 Å². The van der Waals surface area contributed by atoms with Gasteiger partial charge in [-0.3, -0.25) is 14.1 Å². The van der Waals surface area contributed by atoms with Crippen LogP contribution in [0.5, 0.6) is 0 Å². The highest BCUT2D eigenvalue weighted by atomic mass is 32.2. The number of carbonyl (C=O) groups is 2. The van der Waals surface area contributed by atoms with Gasteiger partial charge in [0.1, 0.15) is 4.90 Å². The average molecular weight is 409 g/mol. The number of hydrogen-bond donors (Lipinski definition) is 3. The molecule has 8 heteroatoms. The summed E-state index contributed by atoms with van der Waals surface area (Å²) in [5.41, 5.74) is 0.341. The maximum atomic E-state index is 12.6. The van der Waals surface area contributed by atoms with Gasteiger partial charge in [0.15, 0.2) is 5.76 Å². The number of Topliss-reactive ketones (excluding diaryl/α,β-unsaturated/α-hetero) is 2. The molecule has 0 heterocycles. The van der Waals surface area contributed by atoms with Gasteiger partial charge in [-0.1, -0.05) is 30.3 Å². The van der Waals surface area contributed by atoms with E-state index in [1.165, 1.54) is 12.1 Å². The number of aryl methyl sites for hydroxylation is 1. The van der Waals surface area contributed by atoms with Crippen LogP contribution in [0.1, 0.15) is 5.56 Å². The first-order valence-electron chi connectivity index (χ1n) is 8.57. The summed E-state index contributed by atoms with van der Waals surface area (Å²) in [5, 5.41) is 14.9. The number of rotatable bonds is 3. The monoisotopic (exact) mass is 409 g/mol. The molecular formula is C21H15NO6S. The highest BCUT2D eigenvalue weighted by molar-refractivity contribution is 7.86. The van der Waals surface area contributed by atoms with Gasteiger partial charge in [-0.15, -0.1) is 0 Å². The van der Waals surface area contributed by atoms with Gasteiger partial charge in [-0.25, -0.2) is 0 Å². The van der Waals surface area contributed by atoms with Crippen LogP contribution < -0.4 is 15.8 Å². The summed E-state index contributed by atoms with van der Waals surface area (Å²) in [7, 11) is -4.59. The van der Waals surface area contributed by atoms with Gasteiger partial charge in [-0.2, -0.15) is 8.42 Å². The van der Waals surface area contributed by atoms with Crippen LogP contribution in [0.25, 0.3) is 22.2 Å². The minimum atomic E-state index is -4.59. The van der Waals surface area contributed by atoms with E-state index in [2.05, 4.69) is 5.32 Å². The fraction of sp³-hybridized carbons (Fsp3) is 0.0476. The quantitative estimate of drug-likeness (QED) is 0.442. The number of benzene rings is 3. The Hall–Kier alpha value is -3.49. The molecule has 146 valence electrons. The van der Waals surface area contributed by atoms with Crippen LogP contribution in [0.15, 0.2) is 59.5 Å². The predicted octanol–water partition coefficient (Wildman–Crippen LogP) is 1.43. The number of ketones is 2. The molecule has 4 rings (SSSR count). The summed E-state index contributed by atoms with van der Waals surface area (Å²) in [6.45, 7) is 1.65. The van der Waals surface area contributed by atoms with E-state index in [0.29, 0.717) is 5.56 Å². The number of aliphatic hydroxyl groups excluding tert-OH is 1. The van der Waals surface area contributed by atoms with Crippen molar-refractivity contribution in [2.45, 2.75) is 11.8 Å². The molecule has 3 N–H and O–H groups in total. The van der Waals surface area contributed by atoms with Gasteiger partial charge in [0.25, 0.3) is 21.7 Å². The normalized spacial score (nSPS) is 14.3. The first-order chi connectivity index (χ1) is 13.7. The molecule has 0 bridgehead atoms. The van der Waals surface area contributed by atoms with Gasteiger partial charge >= 0.3 is 0 Å². The zero-order valence-electron chi connectivity index (χ0n) is 15.1. The van der Waals surface area contributed by atoms with Crippen molar-refractivity contribution in [1.82, 2.24) is 0 Å². The topological polar surface area (TPSA) is 121 Å². The zero-order valence-corrected chi connectivity index (χ0v) is 15.9. The lowest BCUT2D eigenvalue weighted by molar-refractivity contribution is -0.130. The van der Waals surface area contributed by atoms with Crippen molar-refractivity contribution in [2.24, 2.45) is 0 Å². The summed E-state index contributed by atoms with van der Waals surface area (Å²) in [6, 6.07) is 14.7. The van der Waals surface area contributed by atoms with E-state index in [4.69, 9.17) is 0 Å². The summed E-state index contributed by atoms with van der Waals surface area (Å²) < 4.78 is 33.1. The van der Waals surface area contributed by atoms with E-state index in [9.17, 15) is 27.7 Å². The van der Waals surface area contributed by atoms with Crippen LogP contribution in [-0.4, -0.2) is 29.6 Å². The summed E-state index contributed by atoms with van der Waals surface area (Å²) in [5.74, 6) is -2.77. The Kier molecular flexibility index (Phi) is 4.25. The Morgan fingerprint density at radius 3 is 2.10 bits per heavy atom. The molecule has 1 aliphatic carbocycles. The first-order valence-corrected chi connectivity index (χ1v) is 10.0. The van der Waals surface area contributed by atoms with E-state index in [-0.39, 0.29) is 21.8 Å². The third-order valence-corrected chi connectivity index (χ3v) is 5.63. The van der Waals surface area contributed by atoms with E-state index < -0.39 is 32.3 Å². The highest BCUT2D eigenvalue weighted by Crippen LogP contribution is 2.25. The van der Waals surface area contributed by atoms with E-state index in [0.717, 1.165) is 10.8 Å². The molecule has 0 fully saturated rings. The largest absolute Gasteiger partial charge is 0.504 e. The van der Waals surface area contributed by atoms with Crippen molar-refractivity contribution in [1.29, 1.82) is 0 Å². The molecule has 0 radical (unpaired) electrons. The lowest BCUT2D eigenvalue weighted by Crippen LogP contribution is -2.43. The van der Waals surface area contributed by atoms with Crippen molar-refractivity contribution >= 4 is 49.6 Å². The Morgan fingerprint density at radius 2 is 1.48 bits per heavy atom. The molecule has 0 saturated heterocycles. The number of anilines is 1. The minimum absolute atomic E-state index is 0.0604. The third-order valence-electron chi connectivity index (χ3n) is 4.73. The van der Waals surface area contributed by atoms with E-state index in [1.54, 1.807) is 49.4 Å². The van der Waals surface area contributed by atoms with Crippen molar-refractivity contribution in [3.8, 4) is 0 Å². The second-order valence-electron chi connectivity index (χ2n) is 6.73. The molecule has 0 spiro atoms. The highest BCUT2D eigenvalue weighted by Gasteiger charge is 2.30. The fourth-order valence-electron chi connectivity index (χ4n) is 3.31. The number of aliphatic hydroxyl groups is 1. The van der Waals surface area contributed by atoms with Crippen LogP contribution in [0, 0.1) is 6.92 Å². The SMILES string of the molecule is Cc1ccc(NC2=c3cc4ccccc4cc3=C(O)C(=O)C2=O)c(S(=O)(=O)O)c1. The van der Waals surface area contributed by atoms with Crippen LogP contribution in [-0.2, 0) is 19.7 Å². The van der Waals surface area contributed by atoms with Crippen LogP contribution in [0.4, 0.5) is 5.69 Å². The fourth-order valence-corrected chi connectivity index (χ4v) is 4.05. The Balaban J connectivity index is 2.06. The van der Waals surface area contributed by atoms with Crippen LogP contribution in [0.3, 0.4) is 0 Å².